The largest absolute Gasteiger partial charge is 0.494 e. The molecule has 1 fully saturated rings. The maximum Gasteiger partial charge on any atom is 0.245 e. The van der Waals surface area contributed by atoms with Gasteiger partial charge in [-0.3, -0.25) is 9.59 Å². The van der Waals surface area contributed by atoms with Gasteiger partial charge in [-0.1, -0.05) is 30.3 Å². The van der Waals surface area contributed by atoms with Crippen molar-refractivity contribution in [2.75, 3.05) is 20.2 Å². The zero-order valence-corrected chi connectivity index (χ0v) is 16.5. The van der Waals surface area contributed by atoms with Crippen LogP contribution in [0.4, 0.5) is 0 Å². The first kappa shape index (κ1) is 17.8. The van der Waals surface area contributed by atoms with E-state index in [2.05, 4.69) is 11.1 Å². The number of carbonyl (C=O) groups excluding carboxylic acids is 2. The van der Waals surface area contributed by atoms with Crippen molar-refractivity contribution in [3.05, 3.63) is 65.4 Å². The van der Waals surface area contributed by atoms with Crippen molar-refractivity contribution in [3.8, 4) is 5.75 Å². The van der Waals surface area contributed by atoms with Crippen molar-refractivity contribution in [2.24, 2.45) is 0 Å². The van der Waals surface area contributed by atoms with Crippen molar-refractivity contribution in [2.45, 2.75) is 25.4 Å². The number of benzene rings is 2. The number of likely N-dealkylation sites (N-methyl/N-ethyl adjacent to an activating group) is 1. The second kappa shape index (κ2) is 6.65. The molecule has 2 aliphatic heterocycles. The predicted molar refractivity (Wildman–Crippen MR) is 110 cm³/mol. The summed E-state index contributed by atoms with van der Waals surface area (Å²) in [5.74, 6) is 0.762. The van der Waals surface area contributed by atoms with Crippen LogP contribution in [0.25, 0.3) is 10.9 Å². The third-order valence-corrected chi connectivity index (χ3v) is 5.96. The highest BCUT2D eigenvalue weighted by Crippen LogP contribution is 2.42. The molecule has 3 aromatic rings. The van der Waals surface area contributed by atoms with Gasteiger partial charge in [0.2, 0.25) is 11.8 Å². The lowest BCUT2D eigenvalue weighted by molar-refractivity contribution is -0.157. The van der Waals surface area contributed by atoms with E-state index in [0.717, 1.165) is 33.5 Å². The van der Waals surface area contributed by atoms with Crippen LogP contribution in [0, 0.1) is 0 Å². The number of nitrogens with one attached hydrogen (secondary N) is 1. The summed E-state index contributed by atoms with van der Waals surface area (Å²) in [4.78, 5) is 32.9. The van der Waals surface area contributed by atoms with Crippen LogP contribution in [0.1, 0.15) is 29.8 Å². The lowest BCUT2D eigenvalue weighted by Crippen LogP contribution is -2.62. The summed E-state index contributed by atoms with van der Waals surface area (Å²) < 4.78 is 5.58. The SMILES string of the molecule is CCOc1ccc([C@H]2c3[nH]c4ccccc4c3C[C@H]3C(=O)N(C)CC(=O)N23)cc1. The zero-order valence-electron chi connectivity index (χ0n) is 16.5. The first-order valence-electron chi connectivity index (χ1n) is 9.97. The average Bonchev–Trinajstić information content (AvgIpc) is 3.10. The number of nitrogens with zero attached hydrogens (tertiary/aromatic N) is 2. The number of carbonyl (C=O) groups is 2. The molecular formula is C23H23N3O3. The summed E-state index contributed by atoms with van der Waals surface area (Å²) in [5.41, 5.74) is 4.12. The van der Waals surface area contributed by atoms with Gasteiger partial charge in [0.1, 0.15) is 11.8 Å². The van der Waals surface area contributed by atoms with E-state index >= 15 is 0 Å². The maximum atomic E-state index is 13.1. The van der Waals surface area contributed by atoms with Crippen LogP contribution < -0.4 is 4.74 Å². The molecule has 0 aliphatic carbocycles. The Morgan fingerprint density at radius 3 is 2.62 bits per heavy atom. The number of para-hydroxylation sites is 1. The standard InChI is InChI=1S/C23H23N3O3/c1-3-29-15-10-8-14(9-11-15)22-21-17(16-6-4-5-7-18(16)24-21)12-19-23(28)25(2)13-20(27)26(19)22/h4-11,19,22,24H,3,12-13H2,1-2H3/t19-,22-/m0/s1. The van der Waals surface area contributed by atoms with Crippen molar-refractivity contribution in [3.63, 3.8) is 0 Å². The average molecular weight is 389 g/mol. The van der Waals surface area contributed by atoms with Crippen LogP contribution in [-0.4, -0.2) is 52.8 Å². The van der Waals surface area contributed by atoms with E-state index < -0.39 is 6.04 Å². The van der Waals surface area contributed by atoms with Crippen LogP contribution >= 0.6 is 0 Å². The summed E-state index contributed by atoms with van der Waals surface area (Å²) in [6, 6.07) is 15.1. The monoisotopic (exact) mass is 389 g/mol. The van der Waals surface area contributed by atoms with Gasteiger partial charge in [-0.05, 0) is 36.2 Å². The Morgan fingerprint density at radius 2 is 1.86 bits per heavy atom. The Balaban J connectivity index is 1.69. The van der Waals surface area contributed by atoms with E-state index in [4.69, 9.17) is 4.74 Å². The Labute approximate surface area is 169 Å². The number of H-pyrrole nitrogens is 1. The molecule has 6 heteroatoms. The molecule has 2 aromatic carbocycles. The number of aromatic amines is 1. The molecule has 0 radical (unpaired) electrons. The number of ether oxygens (including phenoxy) is 1. The van der Waals surface area contributed by atoms with E-state index in [1.165, 1.54) is 0 Å². The van der Waals surface area contributed by atoms with Gasteiger partial charge in [0.05, 0.1) is 19.2 Å². The summed E-state index contributed by atoms with van der Waals surface area (Å²) in [7, 11) is 1.70. The molecule has 1 aromatic heterocycles. The summed E-state index contributed by atoms with van der Waals surface area (Å²) in [5, 5.41) is 1.12. The number of aromatic nitrogens is 1. The Kier molecular flexibility index (Phi) is 4.08. The third kappa shape index (κ3) is 2.70. The van der Waals surface area contributed by atoms with Gasteiger partial charge in [0, 0.05) is 30.1 Å². The zero-order chi connectivity index (χ0) is 20.1. The van der Waals surface area contributed by atoms with E-state index in [1.807, 2.05) is 49.4 Å². The van der Waals surface area contributed by atoms with Crippen molar-refractivity contribution >= 4 is 22.7 Å². The summed E-state index contributed by atoms with van der Waals surface area (Å²) >= 11 is 0. The first-order chi connectivity index (χ1) is 14.1. The van der Waals surface area contributed by atoms with Gasteiger partial charge >= 0.3 is 0 Å². The van der Waals surface area contributed by atoms with Gasteiger partial charge in [-0.15, -0.1) is 0 Å². The van der Waals surface area contributed by atoms with Gasteiger partial charge < -0.3 is 19.5 Å². The van der Waals surface area contributed by atoms with Crippen molar-refractivity contribution < 1.29 is 14.3 Å². The highest BCUT2D eigenvalue weighted by atomic mass is 16.5. The third-order valence-electron chi connectivity index (χ3n) is 5.96. The molecule has 1 saturated heterocycles. The summed E-state index contributed by atoms with van der Waals surface area (Å²) in [6.07, 6.45) is 0.530. The molecule has 148 valence electrons. The van der Waals surface area contributed by atoms with E-state index in [0.29, 0.717) is 13.0 Å². The van der Waals surface area contributed by atoms with E-state index in [1.54, 1.807) is 16.8 Å². The number of hydrogen-bond acceptors (Lipinski definition) is 3. The molecule has 5 rings (SSSR count). The molecule has 0 unspecified atom stereocenters. The second-order valence-corrected chi connectivity index (χ2v) is 7.68. The lowest BCUT2D eigenvalue weighted by Gasteiger charge is -2.46. The number of hydrogen-bond donors (Lipinski definition) is 1. The Hall–Kier alpha value is -3.28. The molecule has 2 aliphatic rings. The van der Waals surface area contributed by atoms with Crippen molar-refractivity contribution in [1.29, 1.82) is 0 Å². The minimum absolute atomic E-state index is 0.00327. The molecule has 1 N–H and O–H groups in total. The maximum absolute atomic E-state index is 13.1. The second-order valence-electron chi connectivity index (χ2n) is 7.68. The minimum Gasteiger partial charge on any atom is -0.494 e. The highest BCUT2D eigenvalue weighted by Gasteiger charge is 2.47. The van der Waals surface area contributed by atoms with Gasteiger partial charge in [0.25, 0.3) is 0 Å². The Bertz CT molecular complexity index is 1100. The number of amides is 2. The fourth-order valence-corrected chi connectivity index (χ4v) is 4.67. The van der Waals surface area contributed by atoms with E-state index in [9.17, 15) is 9.59 Å². The fourth-order valence-electron chi connectivity index (χ4n) is 4.67. The van der Waals surface area contributed by atoms with Crippen LogP contribution in [0.2, 0.25) is 0 Å². The number of rotatable bonds is 3. The molecule has 2 atom stereocenters. The van der Waals surface area contributed by atoms with Crippen LogP contribution in [0.15, 0.2) is 48.5 Å². The topological polar surface area (TPSA) is 65.6 Å². The van der Waals surface area contributed by atoms with Crippen LogP contribution in [0.3, 0.4) is 0 Å². The molecule has 0 bridgehead atoms. The molecule has 2 amide bonds. The minimum atomic E-state index is -0.482. The Morgan fingerprint density at radius 1 is 1.10 bits per heavy atom. The first-order valence-corrected chi connectivity index (χ1v) is 9.97. The van der Waals surface area contributed by atoms with Gasteiger partial charge in [-0.2, -0.15) is 0 Å². The van der Waals surface area contributed by atoms with Crippen LogP contribution in [-0.2, 0) is 16.0 Å². The van der Waals surface area contributed by atoms with Gasteiger partial charge in [0.15, 0.2) is 0 Å². The molecule has 0 spiro atoms. The lowest BCUT2D eigenvalue weighted by atomic mass is 9.86. The molecule has 3 heterocycles. The molecule has 6 nitrogen and oxygen atoms in total. The predicted octanol–water partition coefficient (Wildman–Crippen LogP) is 2.88. The molecule has 29 heavy (non-hydrogen) atoms. The fraction of sp³-hybridized carbons (Fsp3) is 0.304. The highest BCUT2D eigenvalue weighted by molar-refractivity contribution is 5.97. The number of piperazine rings is 1. The van der Waals surface area contributed by atoms with Gasteiger partial charge in [-0.25, -0.2) is 0 Å². The quantitative estimate of drug-likeness (QED) is 0.749. The van der Waals surface area contributed by atoms with Crippen molar-refractivity contribution in [1.82, 2.24) is 14.8 Å². The number of fused-ring (bicyclic) bond motifs is 4. The molecule has 0 saturated carbocycles. The van der Waals surface area contributed by atoms with E-state index in [-0.39, 0.29) is 24.4 Å². The normalized spacial score (nSPS) is 21.3. The van der Waals surface area contributed by atoms with Crippen LogP contribution in [0.5, 0.6) is 5.75 Å². The smallest absolute Gasteiger partial charge is 0.245 e. The molecular weight excluding hydrogens is 366 g/mol. The summed E-state index contributed by atoms with van der Waals surface area (Å²) in [6.45, 7) is 2.66.